The third kappa shape index (κ3) is 2.67. The van der Waals surface area contributed by atoms with Crippen LogP contribution in [0.4, 0.5) is 0 Å². The van der Waals surface area contributed by atoms with Gasteiger partial charge >= 0.3 is 0 Å². The molecule has 0 saturated carbocycles. The van der Waals surface area contributed by atoms with Gasteiger partial charge in [0.1, 0.15) is 0 Å². The monoisotopic (exact) mass is 240 g/mol. The molecular weight excluding hydrogens is 220 g/mol. The van der Waals surface area contributed by atoms with Gasteiger partial charge in [0, 0.05) is 16.7 Å². The molecule has 16 heavy (non-hydrogen) atoms. The van der Waals surface area contributed by atoms with E-state index in [0.29, 0.717) is 5.75 Å². The number of aromatic amines is 1. The maximum Gasteiger partial charge on any atom is 0.267 e. The summed E-state index contributed by atoms with van der Waals surface area (Å²) < 4.78 is 0. The fraction of sp³-hybridized carbons (Fsp3) is 0.667. The first-order chi connectivity index (χ1) is 7.18. The molecule has 0 saturated heterocycles. The molecule has 90 valence electrons. The quantitative estimate of drug-likeness (QED) is 0.779. The number of nitrogens with one attached hydrogen (secondary N) is 1. The topological polar surface area (TPSA) is 45.8 Å². The molecule has 0 bridgehead atoms. The van der Waals surface area contributed by atoms with E-state index >= 15 is 0 Å². The highest BCUT2D eigenvalue weighted by atomic mass is 32.1. The van der Waals surface area contributed by atoms with Crippen LogP contribution in [0.15, 0.2) is 10.9 Å². The van der Waals surface area contributed by atoms with Crippen LogP contribution in [-0.2, 0) is 10.8 Å². The zero-order valence-electron chi connectivity index (χ0n) is 10.6. The highest BCUT2D eigenvalue weighted by Crippen LogP contribution is 2.25. The first-order valence-electron chi connectivity index (χ1n) is 5.40. The van der Waals surface area contributed by atoms with Crippen LogP contribution in [0.25, 0.3) is 0 Å². The molecule has 0 fully saturated rings. The van der Waals surface area contributed by atoms with Crippen molar-refractivity contribution in [3.8, 4) is 0 Å². The second kappa shape index (κ2) is 4.24. The van der Waals surface area contributed by atoms with Crippen molar-refractivity contribution in [2.45, 2.75) is 45.4 Å². The molecule has 0 spiro atoms. The van der Waals surface area contributed by atoms with Crippen molar-refractivity contribution >= 4 is 12.6 Å². The van der Waals surface area contributed by atoms with Crippen LogP contribution in [0, 0.1) is 0 Å². The van der Waals surface area contributed by atoms with E-state index in [2.05, 4.69) is 36.7 Å². The van der Waals surface area contributed by atoms with Crippen LogP contribution in [-0.4, -0.2) is 16.0 Å². The Hall–Kier alpha value is -0.770. The lowest BCUT2D eigenvalue weighted by atomic mass is 9.84. The van der Waals surface area contributed by atoms with Crippen molar-refractivity contribution in [2.24, 2.45) is 0 Å². The Balaban J connectivity index is 3.34. The average Bonchev–Trinajstić information content (AvgIpc) is 2.16. The molecule has 0 aliphatic rings. The number of aromatic nitrogens is 2. The number of hydrogen-bond acceptors (Lipinski definition) is 3. The van der Waals surface area contributed by atoms with Crippen molar-refractivity contribution in [3.63, 3.8) is 0 Å². The highest BCUT2D eigenvalue weighted by molar-refractivity contribution is 7.80. The minimum absolute atomic E-state index is 0.105. The van der Waals surface area contributed by atoms with E-state index in [-0.39, 0.29) is 16.4 Å². The summed E-state index contributed by atoms with van der Waals surface area (Å²) in [4.78, 5) is 11.7. The molecule has 4 heteroatoms. The smallest absolute Gasteiger partial charge is 0.267 e. The minimum atomic E-state index is -0.169. The molecule has 3 nitrogen and oxygen atoms in total. The van der Waals surface area contributed by atoms with Crippen molar-refractivity contribution < 1.29 is 0 Å². The predicted octanol–water partition coefficient (Wildman–Crippen LogP) is 2.27. The maximum atomic E-state index is 11.7. The normalized spacial score (nSPS) is 12.9. The Labute approximate surface area is 102 Å². The summed E-state index contributed by atoms with van der Waals surface area (Å²) in [5, 5.41) is 6.68. The lowest BCUT2D eigenvalue weighted by molar-refractivity contribution is 0.541. The van der Waals surface area contributed by atoms with Crippen LogP contribution in [0.5, 0.6) is 0 Å². The largest absolute Gasteiger partial charge is 0.268 e. The molecule has 1 aromatic rings. The molecule has 1 heterocycles. The molecule has 0 amide bonds. The number of rotatable bonds is 2. The van der Waals surface area contributed by atoms with Gasteiger partial charge in [-0.25, -0.2) is 5.10 Å². The molecule has 1 N–H and O–H groups in total. The second-order valence-corrected chi connectivity index (χ2v) is 6.10. The summed E-state index contributed by atoms with van der Waals surface area (Å²) in [5.41, 5.74) is 1.25. The Morgan fingerprint density at radius 3 is 2.31 bits per heavy atom. The van der Waals surface area contributed by atoms with Crippen LogP contribution >= 0.6 is 12.6 Å². The SMILES string of the molecule is CC(C)(C)c1cc(C(C)(C)CS)n[nH]c1=O. The van der Waals surface area contributed by atoms with Gasteiger partial charge in [0.05, 0.1) is 5.69 Å². The molecule has 0 atom stereocenters. The van der Waals surface area contributed by atoms with Gasteiger partial charge in [-0.3, -0.25) is 4.79 Å². The van der Waals surface area contributed by atoms with Crippen molar-refractivity contribution in [1.82, 2.24) is 10.2 Å². The summed E-state index contributed by atoms with van der Waals surface area (Å²) in [7, 11) is 0. The molecule has 0 aliphatic carbocycles. The molecule has 0 aliphatic heterocycles. The molecular formula is C12H20N2OS. The third-order valence-corrected chi connectivity index (χ3v) is 3.49. The maximum absolute atomic E-state index is 11.7. The summed E-state index contributed by atoms with van der Waals surface area (Å²) in [6.45, 7) is 10.2. The average molecular weight is 240 g/mol. The van der Waals surface area contributed by atoms with E-state index in [0.717, 1.165) is 11.3 Å². The number of thiol groups is 1. The van der Waals surface area contributed by atoms with Gasteiger partial charge in [0.2, 0.25) is 0 Å². The van der Waals surface area contributed by atoms with E-state index in [4.69, 9.17) is 0 Å². The fourth-order valence-corrected chi connectivity index (χ4v) is 1.55. The number of nitrogens with zero attached hydrogens (tertiary/aromatic N) is 1. The molecule has 0 unspecified atom stereocenters. The van der Waals surface area contributed by atoms with Crippen LogP contribution in [0.2, 0.25) is 0 Å². The Morgan fingerprint density at radius 2 is 1.88 bits per heavy atom. The highest BCUT2D eigenvalue weighted by Gasteiger charge is 2.25. The van der Waals surface area contributed by atoms with Crippen LogP contribution in [0.3, 0.4) is 0 Å². The number of H-pyrrole nitrogens is 1. The summed E-state index contributed by atoms with van der Waals surface area (Å²) in [6, 6.07) is 1.90. The van der Waals surface area contributed by atoms with Gasteiger partial charge in [-0.2, -0.15) is 17.7 Å². The van der Waals surface area contributed by atoms with Gasteiger partial charge in [-0.1, -0.05) is 34.6 Å². The Morgan fingerprint density at radius 1 is 1.31 bits per heavy atom. The third-order valence-electron chi connectivity index (χ3n) is 2.70. The zero-order chi connectivity index (χ0) is 12.6. The lowest BCUT2D eigenvalue weighted by Gasteiger charge is -2.24. The van der Waals surface area contributed by atoms with E-state index in [9.17, 15) is 4.79 Å². The van der Waals surface area contributed by atoms with Gasteiger partial charge in [-0.15, -0.1) is 0 Å². The molecule has 1 rings (SSSR count). The first kappa shape index (κ1) is 13.3. The molecule has 0 radical (unpaired) electrons. The van der Waals surface area contributed by atoms with E-state index in [1.54, 1.807) is 0 Å². The standard InChI is InChI=1S/C12H20N2OS/c1-11(2,3)8-6-9(12(4,5)7-16)13-14-10(8)15/h6,16H,7H2,1-5H3,(H,14,15). The summed E-state index contributed by atoms with van der Waals surface area (Å²) in [6.07, 6.45) is 0. The van der Waals surface area contributed by atoms with Crippen molar-refractivity contribution in [1.29, 1.82) is 0 Å². The predicted molar refractivity (Wildman–Crippen MR) is 70.4 cm³/mol. The molecule has 1 aromatic heterocycles. The Bertz CT molecular complexity index is 429. The van der Waals surface area contributed by atoms with E-state index in [1.165, 1.54) is 0 Å². The van der Waals surface area contributed by atoms with Gasteiger partial charge < -0.3 is 0 Å². The Kier molecular flexibility index (Phi) is 3.53. The fourth-order valence-electron chi connectivity index (χ4n) is 1.39. The van der Waals surface area contributed by atoms with Crippen LogP contribution < -0.4 is 5.56 Å². The second-order valence-electron chi connectivity index (χ2n) is 5.79. The lowest BCUT2D eigenvalue weighted by Crippen LogP contribution is -2.30. The minimum Gasteiger partial charge on any atom is -0.268 e. The summed E-state index contributed by atoms with van der Waals surface area (Å²) >= 11 is 4.31. The molecule has 0 aromatic carbocycles. The van der Waals surface area contributed by atoms with Gasteiger partial charge in [-0.05, 0) is 11.5 Å². The van der Waals surface area contributed by atoms with E-state index in [1.807, 2.05) is 26.8 Å². The van der Waals surface area contributed by atoms with Crippen molar-refractivity contribution in [3.05, 3.63) is 27.7 Å². The van der Waals surface area contributed by atoms with E-state index < -0.39 is 0 Å². The van der Waals surface area contributed by atoms with Gasteiger partial charge in [0.25, 0.3) is 5.56 Å². The zero-order valence-corrected chi connectivity index (χ0v) is 11.5. The summed E-state index contributed by atoms with van der Waals surface area (Å²) in [5.74, 6) is 0.690. The van der Waals surface area contributed by atoms with Crippen LogP contribution in [0.1, 0.15) is 45.9 Å². The van der Waals surface area contributed by atoms with Gasteiger partial charge in [0.15, 0.2) is 0 Å². The first-order valence-corrected chi connectivity index (χ1v) is 6.03. The number of hydrogen-bond donors (Lipinski definition) is 2. The van der Waals surface area contributed by atoms with Crippen molar-refractivity contribution in [2.75, 3.05) is 5.75 Å².